The average Bonchev–Trinajstić information content (AvgIpc) is 2.56. The van der Waals surface area contributed by atoms with Gasteiger partial charge in [-0.05, 0) is 44.2 Å². The van der Waals surface area contributed by atoms with Crippen LogP contribution in [-0.4, -0.2) is 25.7 Å². The molecule has 10 heteroatoms. The van der Waals surface area contributed by atoms with Crippen molar-refractivity contribution in [3.63, 3.8) is 0 Å². The quantitative estimate of drug-likeness (QED) is 0.437. The lowest BCUT2D eigenvalue weighted by atomic mass is 10.2. The minimum atomic E-state index is -3.87. The van der Waals surface area contributed by atoms with E-state index in [1.54, 1.807) is 12.1 Å². The fourth-order valence-corrected chi connectivity index (χ4v) is 2.92. The summed E-state index contributed by atoms with van der Waals surface area (Å²) in [6.45, 7) is 3.73. The smallest absolute Gasteiger partial charge is 0.288 e. The molecule has 0 radical (unpaired) electrons. The molecule has 0 aliphatic heterocycles. The molecule has 0 bridgehead atoms. The lowest BCUT2D eigenvalue weighted by Crippen LogP contribution is -2.18. The Labute approximate surface area is 155 Å². The van der Waals surface area contributed by atoms with Crippen LogP contribution in [-0.2, 0) is 10.0 Å². The van der Waals surface area contributed by atoms with Crippen molar-refractivity contribution < 1.29 is 18.1 Å². The van der Waals surface area contributed by atoms with Crippen LogP contribution in [0.15, 0.2) is 52.5 Å². The van der Waals surface area contributed by atoms with Gasteiger partial charge < -0.3 is 4.74 Å². The summed E-state index contributed by atoms with van der Waals surface area (Å²) in [5.41, 5.74) is 0.0312. The lowest BCUT2D eigenvalue weighted by Gasteiger charge is -2.10. The first-order valence-corrected chi connectivity index (χ1v) is 9.30. The van der Waals surface area contributed by atoms with Gasteiger partial charge in [0.2, 0.25) is 0 Å². The highest BCUT2D eigenvalue weighted by atomic mass is 35.5. The van der Waals surface area contributed by atoms with Crippen LogP contribution in [0.3, 0.4) is 0 Å². The second-order valence-electron chi connectivity index (χ2n) is 5.46. The standard InChI is InChI=1S/C16H16ClN3O5S/c1-11(2)25-13-4-6-14(7-5-13)26(23,24)19-18-10-12-3-8-15(17)16(9-12)20(21)22/h3-11,19H,1-2H3/b18-10+. The van der Waals surface area contributed by atoms with Gasteiger partial charge in [-0.25, -0.2) is 4.83 Å². The topological polar surface area (TPSA) is 111 Å². The van der Waals surface area contributed by atoms with Crippen LogP contribution in [0.5, 0.6) is 5.75 Å². The van der Waals surface area contributed by atoms with Crippen LogP contribution >= 0.6 is 11.6 Å². The number of nitrogens with zero attached hydrogens (tertiary/aromatic N) is 2. The molecule has 2 aromatic carbocycles. The van der Waals surface area contributed by atoms with Crippen LogP contribution in [0.4, 0.5) is 5.69 Å². The molecule has 8 nitrogen and oxygen atoms in total. The Bertz CT molecular complexity index is 927. The zero-order valence-corrected chi connectivity index (χ0v) is 15.5. The monoisotopic (exact) mass is 397 g/mol. The molecule has 0 unspecified atom stereocenters. The Morgan fingerprint density at radius 3 is 2.46 bits per heavy atom. The van der Waals surface area contributed by atoms with Crippen LogP contribution in [0, 0.1) is 10.1 Å². The summed E-state index contributed by atoms with van der Waals surface area (Å²) in [5, 5.41) is 14.5. The second kappa shape index (κ2) is 8.15. The largest absolute Gasteiger partial charge is 0.491 e. The SMILES string of the molecule is CC(C)Oc1ccc(S(=O)(=O)N/N=C/c2ccc(Cl)c([N+](=O)[O-])c2)cc1. The van der Waals surface area contributed by atoms with E-state index in [9.17, 15) is 18.5 Å². The normalized spacial score (nSPS) is 11.7. The van der Waals surface area contributed by atoms with Crippen molar-refractivity contribution in [2.24, 2.45) is 5.10 Å². The predicted octanol–water partition coefficient (Wildman–Crippen LogP) is 3.35. The third-order valence-corrected chi connectivity index (χ3v) is 4.62. The lowest BCUT2D eigenvalue weighted by molar-refractivity contribution is -0.384. The van der Waals surface area contributed by atoms with E-state index in [0.717, 1.165) is 6.21 Å². The Morgan fingerprint density at radius 2 is 1.88 bits per heavy atom. The molecule has 0 aliphatic rings. The minimum Gasteiger partial charge on any atom is -0.491 e. The number of nitrogens with one attached hydrogen (secondary N) is 1. The summed E-state index contributed by atoms with van der Waals surface area (Å²) in [7, 11) is -3.87. The zero-order chi connectivity index (χ0) is 19.3. The maximum absolute atomic E-state index is 12.2. The van der Waals surface area contributed by atoms with E-state index < -0.39 is 14.9 Å². The van der Waals surface area contributed by atoms with Gasteiger partial charge in [-0.2, -0.15) is 13.5 Å². The molecule has 0 aromatic heterocycles. The summed E-state index contributed by atoms with van der Waals surface area (Å²) in [6.07, 6.45) is 1.13. The fraction of sp³-hybridized carbons (Fsp3) is 0.188. The van der Waals surface area contributed by atoms with Crippen LogP contribution in [0.25, 0.3) is 0 Å². The van der Waals surface area contributed by atoms with Crippen molar-refractivity contribution in [3.8, 4) is 5.75 Å². The highest BCUT2D eigenvalue weighted by molar-refractivity contribution is 7.89. The van der Waals surface area contributed by atoms with Crippen molar-refractivity contribution in [1.29, 1.82) is 0 Å². The summed E-state index contributed by atoms with van der Waals surface area (Å²) in [6, 6.07) is 9.87. The molecular weight excluding hydrogens is 382 g/mol. The fourth-order valence-electron chi connectivity index (χ4n) is 1.94. The molecular formula is C16H16ClN3O5S. The van der Waals surface area contributed by atoms with Gasteiger partial charge in [-0.1, -0.05) is 17.7 Å². The molecule has 0 saturated heterocycles. The molecule has 26 heavy (non-hydrogen) atoms. The summed E-state index contributed by atoms with van der Waals surface area (Å²) < 4.78 is 29.8. The Morgan fingerprint density at radius 1 is 1.23 bits per heavy atom. The van der Waals surface area contributed by atoms with E-state index in [4.69, 9.17) is 16.3 Å². The predicted molar refractivity (Wildman–Crippen MR) is 98.2 cm³/mol. The maximum Gasteiger partial charge on any atom is 0.288 e. The van der Waals surface area contributed by atoms with Gasteiger partial charge in [0.05, 0.1) is 22.1 Å². The molecule has 2 aromatic rings. The molecule has 0 atom stereocenters. The summed E-state index contributed by atoms with van der Waals surface area (Å²) in [4.78, 5) is 12.3. The maximum atomic E-state index is 12.2. The van der Waals surface area contributed by atoms with E-state index in [1.165, 1.54) is 30.3 Å². The number of halogens is 1. The van der Waals surface area contributed by atoms with E-state index >= 15 is 0 Å². The molecule has 2 rings (SSSR count). The van der Waals surface area contributed by atoms with Crippen molar-refractivity contribution >= 4 is 33.5 Å². The highest BCUT2D eigenvalue weighted by Crippen LogP contribution is 2.24. The van der Waals surface area contributed by atoms with E-state index in [0.29, 0.717) is 11.3 Å². The van der Waals surface area contributed by atoms with Gasteiger partial charge in [-0.3, -0.25) is 10.1 Å². The van der Waals surface area contributed by atoms with Gasteiger partial charge in [-0.15, -0.1) is 0 Å². The Balaban J connectivity index is 2.11. The molecule has 0 spiro atoms. The van der Waals surface area contributed by atoms with Gasteiger partial charge in [0, 0.05) is 11.6 Å². The second-order valence-corrected chi connectivity index (χ2v) is 7.53. The first-order chi connectivity index (χ1) is 12.2. The van der Waals surface area contributed by atoms with Crippen molar-refractivity contribution in [2.75, 3.05) is 0 Å². The molecule has 0 aliphatic carbocycles. The van der Waals surface area contributed by atoms with Gasteiger partial charge >= 0.3 is 0 Å². The number of hydrazone groups is 1. The van der Waals surface area contributed by atoms with Crippen LogP contribution in [0.2, 0.25) is 5.02 Å². The summed E-state index contributed by atoms with van der Waals surface area (Å²) >= 11 is 5.71. The average molecular weight is 398 g/mol. The van der Waals surface area contributed by atoms with E-state index in [1.807, 2.05) is 18.7 Å². The minimum absolute atomic E-state index is 0.00726. The number of hydrogen-bond acceptors (Lipinski definition) is 6. The third kappa shape index (κ3) is 5.17. The molecule has 0 fully saturated rings. The number of sulfonamides is 1. The number of nitro benzene ring substituents is 1. The van der Waals surface area contributed by atoms with Crippen molar-refractivity contribution in [1.82, 2.24) is 4.83 Å². The molecule has 0 amide bonds. The van der Waals surface area contributed by atoms with Gasteiger partial charge in [0.25, 0.3) is 15.7 Å². The van der Waals surface area contributed by atoms with Gasteiger partial charge in [0.15, 0.2) is 0 Å². The van der Waals surface area contributed by atoms with Crippen LogP contribution in [0.1, 0.15) is 19.4 Å². The number of rotatable bonds is 7. The molecule has 1 N–H and O–H groups in total. The summed E-state index contributed by atoms with van der Waals surface area (Å²) in [5.74, 6) is 0.552. The van der Waals surface area contributed by atoms with E-state index in [-0.39, 0.29) is 21.7 Å². The number of nitro groups is 1. The van der Waals surface area contributed by atoms with Crippen LogP contribution < -0.4 is 9.57 Å². The third-order valence-electron chi connectivity index (χ3n) is 3.06. The first kappa shape index (κ1) is 19.7. The number of benzene rings is 2. The van der Waals surface area contributed by atoms with E-state index in [2.05, 4.69) is 5.10 Å². The van der Waals surface area contributed by atoms with Gasteiger partial charge in [0.1, 0.15) is 10.8 Å². The Hall–Kier alpha value is -2.65. The molecule has 138 valence electrons. The molecule has 0 saturated carbocycles. The van der Waals surface area contributed by atoms with Crippen molar-refractivity contribution in [3.05, 3.63) is 63.2 Å². The first-order valence-electron chi connectivity index (χ1n) is 7.44. The highest BCUT2D eigenvalue weighted by Gasteiger charge is 2.14. The van der Waals surface area contributed by atoms with Crippen molar-refractivity contribution in [2.45, 2.75) is 24.8 Å². The number of hydrogen-bond donors (Lipinski definition) is 1. The number of ether oxygens (including phenoxy) is 1. The zero-order valence-electron chi connectivity index (χ0n) is 13.9. The Kier molecular flexibility index (Phi) is 6.17. The molecule has 0 heterocycles.